The first kappa shape index (κ1) is 18.6. The molecule has 1 heterocycles. The van der Waals surface area contributed by atoms with E-state index in [1.54, 1.807) is 20.8 Å². The lowest BCUT2D eigenvalue weighted by atomic mass is 10.1. The molecule has 9 heteroatoms. The zero-order valence-electron chi connectivity index (χ0n) is 13.0. The molecule has 0 radical (unpaired) electrons. The lowest BCUT2D eigenvalue weighted by Gasteiger charge is -2.21. The normalized spacial score (nSPS) is 12.3. The average molecular weight is 380 g/mol. The Kier molecular flexibility index (Phi) is 4.88. The van der Waals surface area contributed by atoms with Gasteiger partial charge in [0.05, 0.1) is 10.7 Å². The van der Waals surface area contributed by atoms with E-state index in [1.165, 1.54) is 18.2 Å². The van der Waals surface area contributed by atoms with Crippen LogP contribution in [-0.4, -0.2) is 21.0 Å². The van der Waals surface area contributed by atoms with Crippen LogP contribution in [0.4, 0.5) is 13.2 Å². The summed E-state index contributed by atoms with van der Waals surface area (Å²) in [5, 5.41) is 2.72. The number of hydrogen-bond acceptors (Lipinski definition) is 2. The number of carbonyl (C=O) groups is 1. The van der Waals surface area contributed by atoms with Crippen molar-refractivity contribution in [3.63, 3.8) is 0 Å². The van der Waals surface area contributed by atoms with E-state index in [0.29, 0.717) is 4.57 Å². The van der Waals surface area contributed by atoms with E-state index in [-0.39, 0.29) is 15.7 Å². The van der Waals surface area contributed by atoms with Crippen molar-refractivity contribution >= 4 is 29.1 Å². The summed E-state index contributed by atoms with van der Waals surface area (Å²) in [6.45, 7) is 4.97. The fourth-order valence-corrected chi connectivity index (χ4v) is 2.41. The number of nitrogens with one attached hydrogen (secondary N) is 1. The van der Waals surface area contributed by atoms with Crippen molar-refractivity contribution in [1.29, 1.82) is 0 Å². The Labute approximate surface area is 146 Å². The highest BCUT2D eigenvalue weighted by atomic mass is 35.5. The number of imidazole rings is 1. The molecule has 1 N–H and O–H groups in total. The number of amides is 1. The summed E-state index contributed by atoms with van der Waals surface area (Å²) >= 11 is 11.8. The van der Waals surface area contributed by atoms with Gasteiger partial charge in [-0.25, -0.2) is 4.98 Å². The fourth-order valence-electron chi connectivity index (χ4n) is 2.04. The first-order valence-corrected chi connectivity index (χ1v) is 7.58. The number of rotatable bonds is 2. The van der Waals surface area contributed by atoms with E-state index >= 15 is 0 Å². The maximum Gasteiger partial charge on any atom is 0.434 e. The number of halogens is 5. The Morgan fingerprint density at radius 2 is 1.83 bits per heavy atom. The zero-order valence-corrected chi connectivity index (χ0v) is 14.5. The highest BCUT2D eigenvalue weighted by Gasteiger charge is 2.41. The number of nitrogens with zero attached hydrogens (tertiary/aromatic N) is 2. The third-order valence-electron chi connectivity index (χ3n) is 2.91. The van der Waals surface area contributed by atoms with Crippen LogP contribution in [0.25, 0.3) is 5.69 Å². The molecule has 130 valence electrons. The fraction of sp³-hybridized carbons (Fsp3) is 0.333. The van der Waals surface area contributed by atoms with E-state index < -0.39 is 29.0 Å². The highest BCUT2D eigenvalue weighted by Crippen LogP contribution is 2.36. The van der Waals surface area contributed by atoms with Crippen molar-refractivity contribution in [2.24, 2.45) is 0 Å². The summed E-state index contributed by atoms with van der Waals surface area (Å²) in [6.07, 6.45) is -3.91. The molecule has 2 rings (SSSR count). The molecule has 4 nitrogen and oxygen atoms in total. The maximum absolute atomic E-state index is 13.5. The van der Waals surface area contributed by atoms with Gasteiger partial charge >= 0.3 is 6.18 Å². The van der Waals surface area contributed by atoms with Gasteiger partial charge in [-0.1, -0.05) is 23.2 Å². The quantitative estimate of drug-likeness (QED) is 0.819. The summed E-state index contributed by atoms with van der Waals surface area (Å²) in [5.41, 5.74) is -2.67. The molecule has 0 aliphatic rings. The van der Waals surface area contributed by atoms with Gasteiger partial charge in [0.15, 0.2) is 11.4 Å². The molecule has 0 saturated heterocycles. The summed E-state index contributed by atoms with van der Waals surface area (Å²) in [4.78, 5) is 15.8. The third-order valence-corrected chi connectivity index (χ3v) is 3.46. The molecular formula is C15H14Cl2F3N3O. The minimum atomic E-state index is -4.81. The van der Waals surface area contributed by atoms with E-state index in [9.17, 15) is 18.0 Å². The minimum Gasteiger partial charge on any atom is -0.346 e. The van der Waals surface area contributed by atoms with Gasteiger partial charge in [0.1, 0.15) is 6.33 Å². The molecule has 24 heavy (non-hydrogen) atoms. The van der Waals surface area contributed by atoms with Crippen molar-refractivity contribution in [2.45, 2.75) is 32.5 Å². The van der Waals surface area contributed by atoms with E-state index in [4.69, 9.17) is 23.2 Å². The van der Waals surface area contributed by atoms with Crippen LogP contribution in [0.1, 0.15) is 37.0 Å². The molecule has 0 unspecified atom stereocenters. The first-order valence-electron chi connectivity index (χ1n) is 6.82. The second-order valence-electron chi connectivity index (χ2n) is 6.11. The molecule has 2 aromatic rings. The number of hydrogen-bond donors (Lipinski definition) is 1. The number of benzene rings is 1. The van der Waals surface area contributed by atoms with Gasteiger partial charge in [-0.05, 0) is 39.0 Å². The summed E-state index contributed by atoms with van der Waals surface area (Å²) < 4.78 is 41.3. The predicted molar refractivity (Wildman–Crippen MR) is 85.8 cm³/mol. The van der Waals surface area contributed by atoms with Gasteiger partial charge in [-0.3, -0.25) is 9.36 Å². The molecule has 0 spiro atoms. The number of carbonyl (C=O) groups excluding carboxylic acids is 1. The molecule has 1 amide bonds. The average Bonchev–Trinajstić information content (AvgIpc) is 2.84. The monoisotopic (exact) mass is 379 g/mol. The lowest BCUT2D eigenvalue weighted by molar-refractivity contribution is -0.142. The summed E-state index contributed by atoms with van der Waals surface area (Å²) in [5.74, 6) is -0.924. The second kappa shape index (κ2) is 6.29. The van der Waals surface area contributed by atoms with Crippen LogP contribution < -0.4 is 5.32 Å². The standard InChI is InChI=1S/C15H14Cl2F3N3O/c1-14(2,3)22-13(24)11-12(15(18,19)20)23(7-21-11)10-6-8(16)4-5-9(10)17/h4-7H,1-3H3,(H,22,24). The summed E-state index contributed by atoms with van der Waals surface area (Å²) in [7, 11) is 0. The molecule has 0 atom stereocenters. The number of alkyl halides is 3. The van der Waals surface area contributed by atoms with Crippen molar-refractivity contribution in [3.05, 3.63) is 46.0 Å². The third kappa shape index (κ3) is 4.02. The van der Waals surface area contributed by atoms with Gasteiger partial charge in [0.2, 0.25) is 0 Å². The minimum absolute atomic E-state index is 0.0150. The second-order valence-corrected chi connectivity index (χ2v) is 6.95. The zero-order chi connectivity index (χ0) is 18.3. The Morgan fingerprint density at radius 1 is 1.21 bits per heavy atom. The lowest BCUT2D eigenvalue weighted by Crippen LogP contribution is -2.41. The van der Waals surface area contributed by atoms with Crippen molar-refractivity contribution in [3.8, 4) is 5.69 Å². The Hall–Kier alpha value is -1.73. The van der Waals surface area contributed by atoms with E-state index in [1.807, 2.05) is 0 Å². The predicted octanol–water partition coefficient (Wildman–Crippen LogP) is 4.73. The van der Waals surface area contributed by atoms with Gasteiger partial charge in [0.25, 0.3) is 5.91 Å². The Balaban J connectivity index is 2.63. The van der Waals surface area contributed by atoms with Crippen LogP contribution >= 0.6 is 23.2 Å². The SMILES string of the molecule is CC(C)(C)NC(=O)c1ncn(-c2cc(Cl)ccc2Cl)c1C(F)(F)F. The molecule has 0 aliphatic heterocycles. The van der Waals surface area contributed by atoms with Gasteiger partial charge in [-0.2, -0.15) is 13.2 Å². The molecule has 0 saturated carbocycles. The molecular weight excluding hydrogens is 366 g/mol. The molecule has 1 aromatic carbocycles. The number of aromatic nitrogens is 2. The summed E-state index contributed by atoms with van der Waals surface area (Å²) in [6, 6.07) is 4.09. The van der Waals surface area contributed by atoms with Crippen molar-refractivity contribution < 1.29 is 18.0 Å². The first-order chi connectivity index (χ1) is 10.9. The van der Waals surface area contributed by atoms with Crippen LogP contribution in [0, 0.1) is 0 Å². The van der Waals surface area contributed by atoms with E-state index in [0.717, 1.165) is 6.33 Å². The van der Waals surface area contributed by atoms with Gasteiger partial charge < -0.3 is 5.32 Å². The van der Waals surface area contributed by atoms with Crippen molar-refractivity contribution in [1.82, 2.24) is 14.9 Å². The topological polar surface area (TPSA) is 46.9 Å². The smallest absolute Gasteiger partial charge is 0.346 e. The largest absolute Gasteiger partial charge is 0.434 e. The molecule has 0 bridgehead atoms. The van der Waals surface area contributed by atoms with Gasteiger partial charge in [-0.15, -0.1) is 0 Å². The Morgan fingerprint density at radius 3 is 2.38 bits per heavy atom. The van der Waals surface area contributed by atoms with Crippen LogP contribution in [-0.2, 0) is 6.18 Å². The molecule has 0 aliphatic carbocycles. The van der Waals surface area contributed by atoms with Gasteiger partial charge in [0, 0.05) is 10.6 Å². The molecule has 0 fully saturated rings. The molecule has 1 aromatic heterocycles. The van der Waals surface area contributed by atoms with Crippen LogP contribution in [0.5, 0.6) is 0 Å². The maximum atomic E-state index is 13.5. The van der Waals surface area contributed by atoms with Crippen LogP contribution in [0.2, 0.25) is 10.0 Å². The van der Waals surface area contributed by atoms with Crippen LogP contribution in [0.15, 0.2) is 24.5 Å². The Bertz CT molecular complexity index is 779. The highest BCUT2D eigenvalue weighted by molar-refractivity contribution is 6.34. The van der Waals surface area contributed by atoms with E-state index in [2.05, 4.69) is 10.3 Å². The van der Waals surface area contributed by atoms with Crippen molar-refractivity contribution in [2.75, 3.05) is 0 Å². The van der Waals surface area contributed by atoms with Crippen LogP contribution in [0.3, 0.4) is 0 Å².